The quantitative estimate of drug-likeness (QED) is 0.451. The van der Waals surface area contributed by atoms with Gasteiger partial charge in [-0.25, -0.2) is 0 Å². The Balaban J connectivity index is 2.15. The summed E-state index contributed by atoms with van der Waals surface area (Å²) >= 11 is 16.7. The lowest BCUT2D eigenvalue weighted by Gasteiger charge is -2.12. The summed E-state index contributed by atoms with van der Waals surface area (Å²) in [6, 6.07) is 10.6. The van der Waals surface area contributed by atoms with E-state index in [2.05, 4.69) is 22.7 Å². The fraction of sp³-hybridized carbons (Fsp3) is 0.125. The Morgan fingerprint density at radius 1 is 1.25 bits per heavy atom. The molecule has 0 saturated carbocycles. The molecule has 126 valence electrons. The van der Waals surface area contributed by atoms with Crippen molar-refractivity contribution < 1.29 is 9.47 Å². The second-order valence-corrected chi connectivity index (χ2v) is 5.95. The standard InChI is InChI=1S/C16H15Cl2N3O2S/c1-22-14-4-2-10(8-20-21-16(19)24)6-11(14)9-23-15-5-3-12(17)7-13(15)18/h2-8H,9H2,1H3,(H3,19,21,24). The second kappa shape index (κ2) is 8.73. The van der Waals surface area contributed by atoms with Crippen LogP contribution in [0.25, 0.3) is 0 Å². The van der Waals surface area contributed by atoms with E-state index in [1.165, 1.54) is 0 Å². The monoisotopic (exact) mass is 383 g/mol. The Morgan fingerprint density at radius 3 is 2.67 bits per heavy atom. The highest BCUT2D eigenvalue weighted by molar-refractivity contribution is 7.80. The van der Waals surface area contributed by atoms with Gasteiger partial charge in [0.1, 0.15) is 18.1 Å². The van der Waals surface area contributed by atoms with E-state index in [9.17, 15) is 0 Å². The number of halogens is 2. The smallest absolute Gasteiger partial charge is 0.184 e. The van der Waals surface area contributed by atoms with Crippen molar-refractivity contribution in [2.75, 3.05) is 7.11 Å². The van der Waals surface area contributed by atoms with Crippen molar-refractivity contribution in [1.82, 2.24) is 5.43 Å². The molecule has 0 aliphatic carbocycles. The first kappa shape index (κ1) is 18.3. The molecule has 2 aromatic rings. The van der Waals surface area contributed by atoms with E-state index in [1.54, 1.807) is 31.5 Å². The zero-order chi connectivity index (χ0) is 17.5. The third-order valence-electron chi connectivity index (χ3n) is 2.97. The van der Waals surface area contributed by atoms with Gasteiger partial charge in [-0.05, 0) is 54.2 Å². The number of ether oxygens (including phenoxy) is 2. The molecule has 0 aliphatic heterocycles. The molecule has 2 rings (SSSR count). The van der Waals surface area contributed by atoms with Crippen LogP contribution < -0.4 is 20.6 Å². The van der Waals surface area contributed by atoms with Crippen molar-refractivity contribution >= 4 is 46.7 Å². The van der Waals surface area contributed by atoms with Crippen LogP contribution in [0.15, 0.2) is 41.5 Å². The summed E-state index contributed by atoms with van der Waals surface area (Å²) in [4.78, 5) is 0. The Labute approximate surface area is 155 Å². The predicted molar refractivity (Wildman–Crippen MR) is 101 cm³/mol. The predicted octanol–water partition coefficient (Wildman–Crippen LogP) is 3.75. The second-order valence-electron chi connectivity index (χ2n) is 4.67. The van der Waals surface area contributed by atoms with Gasteiger partial charge in [0.25, 0.3) is 0 Å². The molecular weight excluding hydrogens is 369 g/mol. The molecule has 0 radical (unpaired) electrons. The summed E-state index contributed by atoms with van der Waals surface area (Å²) in [5.41, 5.74) is 9.48. The highest BCUT2D eigenvalue weighted by Crippen LogP contribution is 2.29. The number of nitrogens with zero attached hydrogens (tertiary/aromatic N) is 1. The zero-order valence-corrected chi connectivity index (χ0v) is 15.1. The van der Waals surface area contributed by atoms with Crippen LogP contribution in [0.1, 0.15) is 11.1 Å². The van der Waals surface area contributed by atoms with Crippen LogP contribution in [0.3, 0.4) is 0 Å². The Hall–Kier alpha value is -2.02. The van der Waals surface area contributed by atoms with Gasteiger partial charge in [-0.15, -0.1) is 0 Å². The first-order chi connectivity index (χ1) is 11.5. The molecule has 0 bridgehead atoms. The Bertz CT molecular complexity index is 769. The van der Waals surface area contributed by atoms with Crippen LogP contribution in [0.5, 0.6) is 11.5 Å². The first-order valence-corrected chi connectivity index (χ1v) is 7.99. The molecule has 24 heavy (non-hydrogen) atoms. The number of hydrogen-bond donors (Lipinski definition) is 2. The Kier molecular flexibility index (Phi) is 6.66. The molecule has 0 unspecified atom stereocenters. The molecule has 2 aromatic carbocycles. The summed E-state index contributed by atoms with van der Waals surface area (Å²) in [5, 5.41) is 5.01. The van der Waals surface area contributed by atoms with E-state index < -0.39 is 0 Å². The van der Waals surface area contributed by atoms with Crippen molar-refractivity contribution in [3.63, 3.8) is 0 Å². The molecule has 0 aromatic heterocycles. The minimum atomic E-state index is 0.0979. The number of nitrogens with one attached hydrogen (secondary N) is 1. The largest absolute Gasteiger partial charge is 0.496 e. The van der Waals surface area contributed by atoms with Gasteiger partial charge in [0.15, 0.2) is 5.11 Å². The van der Waals surface area contributed by atoms with E-state index >= 15 is 0 Å². The van der Waals surface area contributed by atoms with E-state index in [1.807, 2.05) is 18.2 Å². The van der Waals surface area contributed by atoms with Gasteiger partial charge in [0.05, 0.1) is 18.3 Å². The lowest BCUT2D eigenvalue weighted by molar-refractivity contribution is 0.297. The number of thiocarbonyl (C=S) groups is 1. The molecule has 0 spiro atoms. The average molecular weight is 384 g/mol. The van der Waals surface area contributed by atoms with E-state index in [-0.39, 0.29) is 11.7 Å². The molecule has 0 saturated heterocycles. The lowest BCUT2D eigenvalue weighted by atomic mass is 10.1. The summed E-state index contributed by atoms with van der Waals surface area (Å²) in [6.07, 6.45) is 1.59. The maximum Gasteiger partial charge on any atom is 0.184 e. The summed E-state index contributed by atoms with van der Waals surface area (Å²) in [5.74, 6) is 1.23. The summed E-state index contributed by atoms with van der Waals surface area (Å²) < 4.78 is 11.1. The van der Waals surface area contributed by atoms with Crippen molar-refractivity contribution in [3.8, 4) is 11.5 Å². The van der Waals surface area contributed by atoms with Crippen LogP contribution in [0, 0.1) is 0 Å². The molecule has 5 nitrogen and oxygen atoms in total. The number of benzene rings is 2. The molecule has 8 heteroatoms. The van der Waals surface area contributed by atoms with Crippen LogP contribution in [-0.4, -0.2) is 18.4 Å². The maximum absolute atomic E-state index is 6.10. The number of hydrogen-bond acceptors (Lipinski definition) is 4. The van der Waals surface area contributed by atoms with Gasteiger partial charge >= 0.3 is 0 Å². The Morgan fingerprint density at radius 2 is 2.00 bits per heavy atom. The van der Waals surface area contributed by atoms with Crippen LogP contribution >= 0.6 is 35.4 Å². The van der Waals surface area contributed by atoms with E-state index in [0.29, 0.717) is 21.5 Å². The average Bonchev–Trinajstić information content (AvgIpc) is 2.54. The molecular formula is C16H15Cl2N3O2S. The number of rotatable bonds is 6. The summed E-state index contributed by atoms with van der Waals surface area (Å²) in [7, 11) is 1.59. The van der Waals surface area contributed by atoms with Gasteiger partial charge in [0.2, 0.25) is 0 Å². The fourth-order valence-corrected chi connectivity index (χ4v) is 2.43. The SMILES string of the molecule is COc1ccc(C=NNC(N)=S)cc1COc1ccc(Cl)cc1Cl. The normalized spacial score (nSPS) is 10.6. The number of nitrogens with two attached hydrogens (primary N) is 1. The minimum Gasteiger partial charge on any atom is -0.496 e. The van der Waals surface area contributed by atoms with Gasteiger partial charge in [-0.3, -0.25) is 5.43 Å². The third kappa shape index (κ3) is 5.26. The van der Waals surface area contributed by atoms with Gasteiger partial charge in [-0.1, -0.05) is 23.2 Å². The van der Waals surface area contributed by atoms with Crippen molar-refractivity contribution in [2.45, 2.75) is 6.61 Å². The van der Waals surface area contributed by atoms with Gasteiger partial charge in [0, 0.05) is 10.6 Å². The van der Waals surface area contributed by atoms with Crippen molar-refractivity contribution in [3.05, 3.63) is 57.6 Å². The van der Waals surface area contributed by atoms with E-state index in [4.69, 9.17) is 38.4 Å². The maximum atomic E-state index is 6.10. The molecule has 0 aliphatic rings. The molecule has 0 amide bonds. The van der Waals surface area contributed by atoms with Crippen LogP contribution in [-0.2, 0) is 6.61 Å². The van der Waals surface area contributed by atoms with Crippen molar-refractivity contribution in [2.24, 2.45) is 10.8 Å². The molecule has 0 atom stereocenters. The van der Waals surface area contributed by atoms with Gasteiger partial charge in [-0.2, -0.15) is 5.10 Å². The third-order valence-corrected chi connectivity index (χ3v) is 3.59. The lowest BCUT2D eigenvalue weighted by Crippen LogP contribution is -2.24. The minimum absolute atomic E-state index is 0.0979. The zero-order valence-electron chi connectivity index (χ0n) is 12.8. The van der Waals surface area contributed by atoms with Crippen LogP contribution in [0.2, 0.25) is 10.0 Å². The van der Waals surface area contributed by atoms with Gasteiger partial charge < -0.3 is 15.2 Å². The van der Waals surface area contributed by atoms with E-state index in [0.717, 1.165) is 11.1 Å². The molecule has 0 fully saturated rings. The first-order valence-electron chi connectivity index (χ1n) is 6.83. The highest BCUT2D eigenvalue weighted by atomic mass is 35.5. The van der Waals surface area contributed by atoms with Crippen molar-refractivity contribution in [1.29, 1.82) is 0 Å². The summed E-state index contributed by atoms with van der Waals surface area (Å²) in [6.45, 7) is 0.273. The van der Waals surface area contributed by atoms with Crippen LogP contribution in [0.4, 0.5) is 0 Å². The number of methoxy groups -OCH3 is 1. The highest BCUT2D eigenvalue weighted by Gasteiger charge is 2.07. The fourth-order valence-electron chi connectivity index (χ4n) is 1.91. The molecule has 3 N–H and O–H groups in total. The number of hydrazone groups is 1. The molecule has 0 heterocycles. The topological polar surface area (TPSA) is 68.9 Å².